The summed E-state index contributed by atoms with van der Waals surface area (Å²) in [5, 5.41) is 11.3. The van der Waals surface area contributed by atoms with Gasteiger partial charge in [-0.05, 0) is 36.4 Å². The van der Waals surface area contributed by atoms with E-state index >= 15 is 0 Å². The van der Waals surface area contributed by atoms with Crippen LogP contribution < -0.4 is 10.1 Å². The zero-order valence-electron chi connectivity index (χ0n) is 14.8. The number of thioether (sulfide) groups is 1. The van der Waals surface area contributed by atoms with Gasteiger partial charge in [-0.3, -0.25) is 4.79 Å². The van der Waals surface area contributed by atoms with Crippen molar-refractivity contribution in [3.05, 3.63) is 54.8 Å². The molecule has 1 N–H and O–H groups in total. The molecule has 0 saturated carbocycles. The van der Waals surface area contributed by atoms with Gasteiger partial charge in [-0.15, -0.1) is 16.8 Å². The highest BCUT2D eigenvalue weighted by Crippen LogP contribution is 2.26. The van der Waals surface area contributed by atoms with E-state index in [1.807, 2.05) is 36.4 Å². The third-order valence-corrected chi connectivity index (χ3v) is 5.58. The van der Waals surface area contributed by atoms with Crippen LogP contribution in [-0.2, 0) is 11.2 Å². The van der Waals surface area contributed by atoms with Gasteiger partial charge in [-0.25, -0.2) is 0 Å². The lowest BCUT2D eigenvalue weighted by Crippen LogP contribution is -2.11. The predicted octanol–water partition coefficient (Wildman–Crippen LogP) is 4.66. The van der Waals surface area contributed by atoms with Crippen molar-refractivity contribution < 1.29 is 13.9 Å². The molecular weight excluding hydrogens is 382 g/mol. The third kappa shape index (κ3) is 5.45. The van der Waals surface area contributed by atoms with Crippen LogP contribution in [0.25, 0.3) is 11.3 Å². The number of ether oxygens (including phenoxy) is 1. The molecule has 8 heteroatoms. The number of rotatable bonds is 9. The molecule has 0 aliphatic rings. The van der Waals surface area contributed by atoms with E-state index < -0.39 is 0 Å². The summed E-state index contributed by atoms with van der Waals surface area (Å²) in [6, 6.07) is 11.4. The second kappa shape index (κ2) is 9.38. The van der Waals surface area contributed by atoms with Crippen molar-refractivity contribution in [3.63, 3.8) is 0 Å². The van der Waals surface area contributed by atoms with Crippen molar-refractivity contribution in [1.29, 1.82) is 0 Å². The molecule has 0 radical (unpaired) electrons. The highest BCUT2D eigenvalue weighted by atomic mass is 32.2. The van der Waals surface area contributed by atoms with Crippen molar-refractivity contribution in [1.82, 2.24) is 10.2 Å². The van der Waals surface area contributed by atoms with Gasteiger partial charge in [0.05, 0.1) is 7.11 Å². The van der Waals surface area contributed by atoms with E-state index in [1.54, 1.807) is 13.2 Å². The Bertz CT molecular complexity index is 903. The smallest absolute Gasteiger partial charge is 0.226 e. The molecule has 0 saturated heterocycles. The van der Waals surface area contributed by atoms with Crippen LogP contribution >= 0.6 is 23.1 Å². The monoisotopic (exact) mass is 401 g/mol. The lowest BCUT2D eigenvalue weighted by Gasteiger charge is -2.01. The van der Waals surface area contributed by atoms with Gasteiger partial charge >= 0.3 is 0 Å². The second-order valence-corrected chi connectivity index (χ2v) is 7.76. The van der Waals surface area contributed by atoms with Crippen LogP contribution in [0.2, 0.25) is 0 Å². The molecule has 0 spiro atoms. The van der Waals surface area contributed by atoms with Gasteiger partial charge in [0, 0.05) is 24.2 Å². The molecule has 1 amide bonds. The fraction of sp³-hybridized carbons (Fsp3) is 0.211. The van der Waals surface area contributed by atoms with Crippen molar-refractivity contribution in [3.8, 4) is 17.1 Å². The normalized spacial score (nSPS) is 10.6. The molecule has 1 aromatic carbocycles. The molecule has 0 bridgehead atoms. The van der Waals surface area contributed by atoms with Crippen LogP contribution in [0, 0.1) is 0 Å². The van der Waals surface area contributed by atoms with Gasteiger partial charge < -0.3 is 14.5 Å². The molecule has 3 aromatic rings. The van der Waals surface area contributed by atoms with E-state index in [1.165, 1.54) is 23.1 Å². The van der Waals surface area contributed by atoms with Crippen molar-refractivity contribution >= 4 is 34.1 Å². The fourth-order valence-corrected chi connectivity index (χ4v) is 3.82. The summed E-state index contributed by atoms with van der Waals surface area (Å²) in [5.41, 5.74) is 0.963. The Kier molecular flexibility index (Phi) is 6.67. The van der Waals surface area contributed by atoms with Gasteiger partial charge in [0.2, 0.25) is 11.0 Å². The minimum absolute atomic E-state index is 0.117. The van der Waals surface area contributed by atoms with E-state index in [0.717, 1.165) is 32.9 Å². The highest BCUT2D eigenvalue weighted by Gasteiger charge is 2.11. The summed E-state index contributed by atoms with van der Waals surface area (Å²) in [7, 11) is 1.63. The number of amides is 1. The molecule has 2 aromatic heterocycles. The summed E-state index contributed by atoms with van der Waals surface area (Å²) >= 11 is 2.89. The molecular formula is C19H19N3O3S2. The van der Waals surface area contributed by atoms with Crippen LogP contribution in [0.5, 0.6) is 5.75 Å². The van der Waals surface area contributed by atoms with Crippen LogP contribution in [0.3, 0.4) is 0 Å². The number of methoxy groups -OCH3 is 1. The Labute approximate surface area is 165 Å². The average molecular weight is 402 g/mol. The van der Waals surface area contributed by atoms with Crippen LogP contribution in [0.4, 0.5) is 5.13 Å². The molecule has 0 aliphatic heterocycles. The fourth-order valence-electron chi connectivity index (χ4n) is 2.29. The van der Waals surface area contributed by atoms with Gasteiger partial charge in [0.25, 0.3) is 0 Å². The first kappa shape index (κ1) is 19.2. The summed E-state index contributed by atoms with van der Waals surface area (Å²) < 4.78 is 11.8. The van der Waals surface area contributed by atoms with Crippen molar-refractivity contribution in [2.45, 2.75) is 17.2 Å². The number of furan rings is 1. The minimum atomic E-state index is -0.117. The first-order valence-corrected chi connectivity index (χ1v) is 10.1. The van der Waals surface area contributed by atoms with E-state index in [4.69, 9.17) is 9.15 Å². The molecule has 0 atom stereocenters. The zero-order chi connectivity index (χ0) is 19.1. The van der Waals surface area contributed by atoms with Gasteiger partial charge in [-0.2, -0.15) is 0 Å². The van der Waals surface area contributed by atoms with E-state index in [2.05, 4.69) is 22.1 Å². The Morgan fingerprint density at radius 1 is 1.30 bits per heavy atom. The predicted molar refractivity (Wildman–Crippen MR) is 108 cm³/mol. The molecule has 0 fully saturated rings. The number of hydrogen-bond donors (Lipinski definition) is 1. The maximum atomic E-state index is 12.1. The first-order chi connectivity index (χ1) is 13.2. The van der Waals surface area contributed by atoms with Gasteiger partial charge in [0.1, 0.15) is 17.3 Å². The number of carbonyl (C=O) groups is 1. The number of aromatic nitrogens is 2. The molecule has 2 heterocycles. The number of nitrogens with one attached hydrogen (secondary N) is 1. The molecule has 6 nitrogen and oxygen atoms in total. The Morgan fingerprint density at radius 3 is 2.85 bits per heavy atom. The minimum Gasteiger partial charge on any atom is -0.497 e. The highest BCUT2D eigenvalue weighted by molar-refractivity contribution is 8.01. The van der Waals surface area contributed by atoms with Crippen LogP contribution in [0.1, 0.15) is 12.2 Å². The van der Waals surface area contributed by atoms with E-state index in [0.29, 0.717) is 18.0 Å². The second-order valence-electron chi connectivity index (χ2n) is 5.52. The Balaban J connectivity index is 1.51. The average Bonchev–Trinajstić information content (AvgIpc) is 3.34. The summed E-state index contributed by atoms with van der Waals surface area (Å²) in [5.74, 6) is 2.97. The third-order valence-electron chi connectivity index (χ3n) is 3.61. The van der Waals surface area contributed by atoms with E-state index in [9.17, 15) is 4.79 Å². The number of anilines is 1. The Morgan fingerprint density at radius 2 is 2.11 bits per heavy atom. The maximum Gasteiger partial charge on any atom is 0.226 e. The quantitative estimate of drug-likeness (QED) is 0.319. The summed E-state index contributed by atoms with van der Waals surface area (Å²) in [4.78, 5) is 12.1. The number of benzene rings is 1. The molecule has 0 unspecified atom stereocenters. The van der Waals surface area contributed by atoms with Crippen molar-refractivity contribution in [2.75, 3.05) is 18.2 Å². The van der Waals surface area contributed by atoms with E-state index in [-0.39, 0.29) is 5.91 Å². The number of nitrogens with zero attached hydrogens (tertiary/aromatic N) is 2. The number of carbonyl (C=O) groups excluding carboxylic acids is 1. The largest absolute Gasteiger partial charge is 0.497 e. The van der Waals surface area contributed by atoms with Crippen LogP contribution in [0.15, 0.2) is 57.8 Å². The lowest BCUT2D eigenvalue weighted by molar-refractivity contribution is -0.116. The first-order valence-electron chi connectivity index (χ1n) is 8.28. The Hall–Kier alpha value is -2.58. The summed E-state index contributed by atoms with van der Waals surface area (Å²) in [6.07, 6.45) is 2.62. The van der Waals surface area contributed by atoms with Crippen molar-refractivity contribution in [2.24, 2.45) is 0 Å². The number of aryl methyl sites for hydroxylation is 1. The number of hydrogen-bond acceptors (Lipinski definition) is 7. The lowest BCUT2D eigenvalue weighted by atomic mass is 10.2. The van der Waals surface area contributed by atoms with Crippen LogP contribution in [-0.4, -0.2) is 29.0 Å². The zero-order valence-corrected chi connectivity index (χ0v) is 16.4. The SMILES string of the molecule is C=CCSc1nnc(NC(=O)CCc2ccc(-c3ccc(OC)cc3)o2)s1. The van der Waals surface area contributed by atoms with Gasteiger partial charge in [-0.1, -0.05) is 29.2 Å². The molecule has 27 heavy (non-hydrogen) atoms. The molecule has 0 aliphatic carbocycles. The maximum absolute atomic E-state index is 12.1. The molecule has 3 rings (SSSR count). The topological polar surface area (TPSA) is 77.2 Å². The molecule has 140 valence electrons. The van der Waals surface area contributed by atoms with Gasteiger partial charge in [0.15, 0.2) is 4.34 Å². The standard InChI is InChI=1S/C19H19N3O3S2/c1-3-12-26-19-22-21-18(27-19)20-17(23)11-9-15-8-10-16(25-15)13-4-6-14(24-2)7-5-13/h3-8,10H,1,9,11-12H2,2H3,(H,20,21,23). The summed E-state index contributed by atoms with van der Waals surface area (Å²) in [6.45, 7) is 3.66.